The van der Waals surface area contributed by atoms with Gasteiger partial charge in [0.2, 0.25) is 5.91 Å². The fraction of sp³-hybridized carbons (Fsp3) is 0.400. The predicted molar refractivity (Wildman–Crippen MR) is 119 cm³/mol. The van der Waals surface area contributed by atoms with Gasteiger partial charge >= 0.3 is 0 Å². The molecule has 5 nitrogen and oxygen atoms in total. The minimum atomic E-state index is -0.255. The first kappa shape index (κ1) is 19.0. The lowest BCUT2D eigenvalue weighted by Crippen LogP contribution is -2.36. The molecule has 2 atom stereocenters. The number of rotatable bonds is 4. The van der Waals surface area contributed by atoms with Crippen LogP contribution in [-0.4, -0.2) is 22.0 Å². The Morgan fingerprint density at radius 1 is 1.07 bits per heavy atom. The number of carbonyl (C=O) groups excluding carboxylic acids is 2. The summed E-state index contributed by atoms with van der Waals surface area (Å²) in [5, 5.41) is 6.72. The predicted octanol–water partition coefficient (Wildman–Crippen LogP) is 4.68. The maximum absolute atomic E-state index is 12.8. The van der Waals surface area contributed by atoms with E-state index in [1.54, 1.807) is 0 Å². The van der Waals surface area contributed by atoms with Crippen molar-refractivity contribution >= 4 is 39.2 Å². The van der Waals surface area contributed by atoms with E-state index in [4.69, 9.17) is 0 Å². The maximum atomic E-state index is 12.8. The Hall–Kier alpha value is -2.95. The molecule has 0 spiro atoms. The summed E-state index contributed by atoms with van der Waals surface area (Å²) in [7, 11) is 0. The Balaban J connectivity index is 1.35. The molecule has 5 heteroatoms. The molecule has 154 valence electrons. The number of fused-ring (bicyclic) bond motifs is 5. The van der Waals surface area contributed by atoms with Gasteiger partial charge < -0.3 is 4.57 Å². The molecular weight excluding hydrogens is 374 g/mol. The number of hydrogen-bond acceptors (Lipinski definition) is 3. The summed E-state index contributed by atoms with van der Waals surface area (Å²) in [4.78, 5) is 25.4. The SMILES string of the molecule is CC1(C)[C@H]2CC[C@]1(C)C(=NNC(=O)CCn1c3ccccc3c3ccccc31)C2=O. The van der Waals surface area contributed by atoms with Crippen LogP contribution in [0.25, 0.3) is 21.8 Å². The van der Waals surface area contributed by atoms with Gasteiger partial charge in [0.05, 0.1) is 0 Å². The molecule has 1 aromatic heterocycles. The smallest absolute Gasteiger partial charge is 0.241 e. The summed E-state index contributed by atoms with van der Waals surface area (Å²) >= 11 is 0. The molecule has 2 aliphatic carbocycles. The van der Waals surface area contributed by atoms with Crippen LogP contribution in [-0.2, 0) is 16.1 Å². The first-order valence-corrected chi connectivity index (χ1v) is 10.7. The number of Topliss-reactive ketones (excluding diaryl/α,β-unsaturated/α-hetero) is 1. The van der Waals surface area contributed by atoms with Gasteiger partial charge in [-0.15, -0.1) is 0 Å². The monoisotopic (exact) mass is 401 g/mol. The molecule has 2 fully saturated rings. The van der Waals surface area contributed by atoms with Crippen molar-refractivity contribution in [2.75, 3.05) is 0 Å². The van der Waals surface area contributed by atoms with Crippen molar-refractivity contribution < 1.29 is 9.59 Å². The van der Waals surface area contributed by atoms with Crippen molar-refractivity contribution in [3.8, 4) is 0 Å². The molecule has 2 aliphatic rings. The number of nitrogens with one attached hydrogen (secondary N) is 1. The zero-order chi connectivity index (χ0) is 21.1. The van der Waals surface area contributed by atoms with E-state index in [2.05, 4.69) is 60.1 Å². The van der Waals surface area contributed by atoms with Crippen LogP contribution >= 0.6 is 0 Å². The van der Waals surface area contributed by atoms with Gasteiger partial charge in [0.1, 0.15) is 5.71 Å². The van der Waals surface area contributed by atoms with Gasteiger partial charge in [0, 0.05) is 46.1 Å². The van der Waals surface area contributed by atoms with Crippen molar-refractivity contribution in [1.29, 1.82) is 0 Å². The highest BCUT2D eigenvalue weighted by atomic mass is 16.2. The van der Waals surface area contributed by atoms with Crippen LogP contribution in [0.15, 0.2) is 53.6 Å². The molecule has 2 aromatic carbocycles. The van der Waals surface area contributed by atoms with Gasteiger partial charge in [-0.25, -0.2) is 5.43 Å². The van der Waals surface area contributed by atoms with Crippen LogP contribution < -0.4 is 5.43 Å². The average Bonchev–Trinajstić information content (AvgIpc) is 3.22. The molecule has 0 aliphatic heterocycles. The Bertz CT molecular complexity index is 1170. The largest absolute Gasteiger partial charge is 0.340 e. The second-order valence-electron chi connectivity index (χ2n) is 9.44. The number of carbonyl (C=O) groups is 2. The molecule has 0 unspecified atom stereocenters. The van der Waals surface area contributed by atoms with Crippen molar-refractivity contribution in [3.63, 3.8) is 0 Å². The summed E-state index contributed by atoms with van der Waals surface area (Å²) in [6.45, 7) is 6.97. The number of amides is 1. The molecular formula is C25H27N3O2. The van der Waals surface area contributed by atoms with E-state index in [1.807, 2.05) is 24.3 Å². The average molecular weight is 402 g/mol. The summed E-state index contributed by atoms with van der Waals surface area (Å²) in [6, 6.07) is 16.5. The highest BCUT2D eigenvalue weighted by Gasteiger charge is 2.65. The lowest BCUT2D eigenvalue weighted by atomic mass is 9.70. The molecule has 1 heterocycles. The Morgan fingerprint density at radius 2 is 1.67 bits per heavy atom. The Labute approximate surface area is 176 Å². The van der Waals surface area contributed by atoms with Gasteiger partial charge in [-0.1, -0.05) is 57.2 Å². The minimum absolute atomic E-state index is 0.0238. The van der Waals surface area contributed by atoms with Crippen molar-refractivity contribution in [2.24, 2.45) is 21.8 Å². The van der Waals surface area contributed by atoms with Crippen LogP contribution in [0, 0.1) is 16.7 Å². The van der Waals surface area contributed by atoms with Crippen molar-refractivity contribution in [1.82, 2.24) is 9.99 Å². The summed E-state index contributed by atoms with van der Waals surface area (Å²) in [5.74, 6) is -0.0338. The van der Waals surface area contributed by atoms with Crippen LogP contribution in [0.4, 0.5) is 0 Å². The number of hydrazone groups is 1. The van der Waals surface area contributed by atoms with Gasteiger partial charge in [-0.05, 0) is 30.4 Å². The van der Waals surface area contributed by atoms with Gasteiger partial charge in [0.25, 0.3) is 0 Å². The standard InChI is InChI=1S/C25H27N3O2/c1-24(2)18-12-14-25(24,3)23(22(18)30)27-26-21(29)13-15-28-19-10-6-4-8-16(19)17-9-5-7-11-20(17)28/h4-11,18H,12-15H2,1-3H3,(H,26,29)/t18-,25+/m0/s1. The molecule has 1 N–H and O–H groups in total. The van der Waals surface area contributed by atoms with E-state index < -0.39 is 0 Å². The third kappa shape index (κ3) is 2.51. The van der Waals surface area contributed by atoms with E-state index in [0.717, 1.165) is 23.9 Å². The molecule has 30 heavy (non-hydrogen) atoms. The molecule has 0 radical (unpaired) electrons. The van der Waals surface area contributed by atoms with E-state index in [0.29, 0.717) is 18.7 Å². The number of benzene rings is 2. The zero-order valence-corrected chi connectivity index (χ0v) is 17.7. The minimum Gasteiger partial charge on any atom is -0.340 e. The Morgan fingerprint density at radius 3 is 2.23 bits per heavy atom. The number of hydrogen-bond donors (Lipinski definition) is 1. The number of nitrogens with zero attached hydrogens (tertiary/aromatic N) is 2. The lowest BCUT2D eigenvalue weighted by molar-refractivity contribution is -0.121. The molecule has 0 saturated heterocycles. The van der Waals surface area contributed by atoms with Crippen LogP contribution in [0.2, 0.25) is 0 Å². The van der Waals surface area contributed by atoms with Crippen LogP contribution in [0.3, 0.4) is 0 Å². The number of aryl methyl sites for hydroxylation is 1. The molecule has 3 aromatic rings. The highest BCUT2D eigenvalue weighted by molar-refractivity contribution is 6.45. The van der Waals surface area contributed by atoms with E-state index in [1.165, 1.54) is 10.8 Å². The lowest BCUT2D eigenvalue weighted by Gasteiger charge is -2.33. The van der Waals surface area contributed by atoms with Crippen LogP contribution in [0.1, 0.15) is 40.0 Å². The zero-order valence-electron chi connectivity index (χ0n) is 17.7. The number of para-hydroxylation sites is 2. The van der Waals surface area contributed by atoms with E-state index >= 15 is 0 Å². The van der Waals surface area contributed by atoms with Gasteiger partial charge in [0.15, 0.2) is 5.78 Å². The van der Waals surface area contributed by atoms with Gasteiger partial charge in [-0.3, -0.25) is 9.59 Å². The molecule has 5 rings (SSSR count). The molecule has 1 amide bonds. The summed E-state index contributed by atoms with van der Waals surface area (Å²) < 4.78 is 2.19. The van der Waals surface area contributed by atoms with Gasteiger partial charge in [-0.2, -0.15) is 5.10 Å². The van der Waals surface area contributed by atoms with Crippen molar-refractivity contribution in [2.45, 2.75) is 46.6 Å². The second-order valence-corrected chi connectivity index (χ2v) is 9.44. The molecule has 2 saturated carbocycles. The number of ketones is 1. The van der Waals surface area contributed by atoms with Crippen molar-refractivity contribution in [3.05, 3.63) is 48.5 Å². The summed E-state index contributed by atoms with van der Waals surface area (Å²) in [5.41, 5.74) is 5.11. The molecule has 2 bridgehead atoms. The summed E-state index contributed by atoms with van der Waals surface area (Å²) in [6.07, 6.45) is 2.17. The quantitative estimate of drug-likeness (QED) is 0.645. The fourth-order valence-corrected chi connectivity index (χ4v) is 5.63. The first-order chi connectivity index (χ1) is 14.3. The maximum Gasteiger partial charge on any atom is 0.241 e. The number of aromatic nitrogens is 1. The third-order valence-corrected chi connectivity index (χ3v) is 7.83. The van der Waals surface area contributed by atoms with Crippen LogP contribution in [0.5, 0.6) is 0 Å². The topological polar surface area (TPSA) is 63.5 Å². The fourth-order valence-electron chi connectivity index (χ4n) is 5.63. The Kier molecular flexibility index (Phi) is 4.14. The first-order valence-electron chi connectivity index (χ1n) is 10.7. The van der Waals surface area contributed by atoms with E-state index in [-0.39, 0.29) is 28.4 Å². The normalized spacial score (nSPS) is 26.2. The van der Waals surface area contributed by atoms with E-state index in [9.17, 15) is 9.59 Å². The third-order valence-electron chi connectivity index (χ3n) is 7.83. The second kappa shape index (κ2) is 6.53. The highest BCUT2D eigenvalue weighted by Crippen LogP contribution is 2.62.